The number of esters is 2. The minimum Gasteiger partial charge on any atom is -0.465 e. The number of hydrogen-bond acceptors (Lipinski definition) is 15. The molecular formula is C50H60Br5ClN9O7PS2. The van der Waals surface area contributed by atoms with Crippen LogP contribution in [-0.4, -0.2) is 76.1 Å². The van der Waals surface area contributed by atoms with Crippen molar-refractivity contribution in [2.45, 2.75) is 90.1 Å². The summed E-state index contributed by atoms with van der Waals surface area (Å²) in [6, 6.07) is 12.1. The quantitative estimate of drug-likeness (QED) is 0.0236. The van der Waals surface area contributed by atoms with Crippen molar-refractivity contribution in [3.05, 3.63) is 196 Å². The molecule has 7 rings (SSSR count). The van der Waals surface area contributed by atoms with Gasteiger partial charge in [-0.3, -0.25) is 39.5 Å². The van der Waals surface area contributed by atoms with Crippen molar-refractivity contribution < 1.29 is 24.2 Å². The maximum absolute atomic E-state index is 11.3. The van der Waals surface area contributed by atoms with Crippen LogP contribution in [0.5, 0.6) is 0 Å². The highest BCUT2D eigenvalue weighted by Crippen LogP contribution is 2.59. The first-order valence-corrected chi connectivity index (χ1v) is 33.0. The van der Waals surface area contributed by atoms with Crippen LogP contribution >= 0.6 is 119 Å². The third-order valence-electron chi connectivity index (χ3n) is 9.45. The number of methoxy groups -OCH3 is 2. The Kier molecular flexibility index (Phi) is 40.0. The van der Waals surface area contributed by atoms with E-state index in [1.165, 1.54) is 66.6 Å². The average Bonchev–Trinajstić information content (AvgIpc) is 3.40. The second-order valence-corrected chi connectivity index (χ2v) is 32.6. The molecule has 7 aromatic rings. The normalized spacial score (nSPS) is 9.64. The fourth-order valence-electron chi connectivity index (χ4n) is 5.77. The summed E-state index contributed by atoms with van der Waals surface area (Å²) in [5.41, 5.74) is 10.5. The van der Waals surface area contributed by atoms with Gasteiger partial charge in [-0.1, -0.05) is 55.4 Å². The van der Waals surface area contributed by atoms with Crippen LogP contribution in [0.25, 0.3) is 0 Å². The van der Waals surface area contributed by atoms with Gasteiger partial charge in [0.15, 0.2) is 9.93 Å². The van der Waals surface area contributed by atoms with E-state index in [1.807, 2.05) is 50.6 Å². The zero-order valence-corrected chi connectivity index (χ0v) is 53.7. The van der Waals surface area contributed by atoms with E-state index in [4.69, 9.17) is 5.11 Å². The van der Waals surface area contributed by atoms with Gasteiger partial charge >= 0.3 is 11.9 Å². The van der Waals surface area contributed by atoms with E-state index in [2.05, 4.69) is 166 Å². The molecule has 7 heterocycles. The van der Waals surface area contributed by atoms with Crippen molar-refractivity contribution in [3.8, 4) is 0 Å². The van der Waals surface area contributed by atoms with Crippen molar-refractivity contribution in [2.24, 2.45) is 0 Å². The van der Waals surface area contributed by atoms with Crippen molar-refractivity contribution in [1.82, 2.24) is 44.9 Å². The summed E-state index contributed by atoms with van der Waals surface area (Å²) in [7, 11) is 2.72. The molecular weight excluding hydrogens is 1370 g/mol. The third kappa shape index (κ3) is 30.0. The number of carbonyl (C=O) groups is 2. The molecule has 0 aliphatic heterocycles. The molecule has 0 aliphatic carbocycles. The lowest BCUT2D eigenvalue weighted by Crippen LogP contribution is -2.08. The lowest BCUT2D eigenvalue weighted by atomic mass is 10.1. The summed E-state index contributed by atoms with van der Waals surface area (Å²) in [4.78, 5) is 76.1. The summed E-state index contributed by atoms with van der Waals surface area (Å²) in [5.74, 6) is 0.131. The predicted octanol–water partition coefficient (Wildman–Crippen LogP) is 13.6. The Labute approximate surface area is 495 Å². The number of hydrogen-bond donors (Lipinski definition) is 4. The molecule has 0 radical (unpaired) electrons. The Hall–Kier alpha value is -3.90. The Morgan fingerprint density at radius 2 is 1.07 bits per heavy atom. The van der Waals surface area contributed by atoms with Crippen LogP contribution in [0.3, 0.4) is 0 Å². The van der Waals surface area contributed by atoms with Crippen LogP contribution in [-0.2, 0) is 52.8 Å². The smallest absolute Gasteiger partial charge is 0.339 e. The van der Waals surface area contributed by atoms with E-state index in [1.54, 1.807) is 56.2 Å². The van der Waals surface area contributed by atoms with Crippen molar-refractivity contribution in [1.29, 1.82) is 0 Å². The Morgan fingerprint density at radius 1 is 0.640 bits per heavy atom. The molecule has 4 N–H and O–H groups in total. The van der Waals surface area contributed by atoms with Gasteiger partial charge < -0.3 is 24.5 Å². The number of aromatic nitrogens is 9. The number of aliphatic hydroxyl groups excluding tert-OH is 1. The number of aryl methyl sites for hydroxylation is 6. The summed E-state index contributed by atoms with van der Waals surface area (Å²) >= 11 is 22.3. The topological polar surface area (TPSA) is 232 Å². The average molecular weight is 1430 g/mol. The Balaban J connectivity index is 0.000000875. The van der Waals surface area contributed by atoms with Gasteiger partial charge in [0, 0.05) is 96.6 Å². The minimum absolute atomic E-state index is 0. The number of alkyl halides is 1. The summed E-state index contributed by atoms with van der Waals surface area (Å²) in [5, 5.41) is 10.4. The number of thioether (sulfide) groups is 1. The molecule has 0 saturated heterocycles. The second-order valence-electron chi connectivity index (χ2n) is 14.5. The van der Waals surface area contributed by atoms with Crippen LogP contribution in [0, 0.1) is 18.6 Å². The monoisotopic (exact) mass is 1420 g/mol. The van der Waals surface area contributed by atoms with Gasteiger partial charge in [0.2, 0.25) is 0 Å². The van der Waals surface area contributed by atoms with Crippen LogP contribution in [0.2, 0.25) is 0 Å². The molecule has 0 spiro atoms. The molecule has 7 aromatic heterocycles. The molecule has 0 unspecified atom stereocenters. The number of pyridine rings is 5. The standard InChI is InChI=1S/C13H15N3OS.C9H11NO2.C8H10BrN.C8H11NO.C7H6BrNO2.C5H6N2OS.Br3P.ClH/c1-3-10-7-14-5-4-11(10)8-18-13-15-9(2)6-12(17)16-13;1-3-7-6-10-5-4-8(7)9(11)12-2;1-2-7-6-10-4-3-8(7)5-9;1-2-7-5-9-4-3-8(7)6-10;1-11-7(10)5-2-3-9-4-6(5)8;1-3-2-4(8)7-5(9)6-3;1-4(2)3;/h4-7H,3,8H2,1-2H3,(H,15,16,17);4-6H,3H2,1-2H3;3-4,6H,2,5H2,1H3;3-5,10H,2,6H2,1H3;2-4H,1H3;2H,1H3,(H2,6,7,8,9);;1H. The van der Waals surface area contributed by atoms with Gasteiger partial charge in [-0.05, 0) is 183 Å². The summed E-state index contributed by atoms with van der Waals surface area (Å²) in [6.07, 6.45) is 21.0. The number of H-pyrrole nitrogens is 3. The zero-order chi connectivity index (χ0) is 55.4. The number of aliphatic hydroxyl groups is 1. The molecule has 0 aliphatic rings. The number of nitrogens with zero attached hydrogens (tertiary/aromatic N) is 6. The minimum atomic E-state index is -0.362. The lowest BCUT2D eigenvalue weighted by Gasteiger charge is -2.06. The molecule has 25 heteroatoms. The summed E-state index contributed by atoms with van der Waals surface area (Å²) in [6.45, 7) is 12.0. The molecule has 0 saturated carbocycles. The highest BCUT2D eigenvalue weighted by molar-refractivity contribution is 9.93. The molecule has 406 valence electrons. The van der Waals surface area contributed by atoms with Gasteiger partial charge in [-0.15, -0.1) is 12.4 Å². The Morgan fingerprint density at radius 3 is 1.49 bits per heavy atom. The highest BCUT2D eigenvalue weighted by atomic mass is 80.0. The summed E-state index contributed by atoms with van der Waals surface area (Å²) < 4.78 is 9.97. The van der Waals surface area contributed by atoms with Crippen molar-refractivity contribution in [2.75, 3.05) is 14.2 Å². The molecule has 16 nitrogen and oxygen atoms in total. The van der Waals surface area contributed by atoms with E-state index < -0.39 is 0 Å². The van der Waals surface area contributed by atoms with Gasteiger partial charge in [0.05, 0.1) is 36.4 Å². The number of halogens is 6. The fraction of sp³-hybridized carbons (Fsp3) is 0.300. The number of carbonyl (C=O) groups excluding carboxylic acids is 2. The Bertz CT molecular complexity index is 2820. The molecule has 0 amide bonds. The van der Waals surface area contributed by atoms with Crippen LogP contribution < -0.4 is 11.1 Å². The largest absolute Gasteiger partial charge is 0.465 e. The molecule has 0 fully saturated rings. The van der Waals surface area contributed by atoms with Gasteiger partial charge in [-0.2, -0.15) is 0 Å². The first-order valence-electron chi connectivity index (χ1n) is 22.3. The van der Waals surface area contributed by atoms with Gasteiger partial charge in [0.1, 0.15) is 4.03 Å². The SMILES string of the molecule is BrP(Br)Br.CCc1cnccc1C(=O)OC.CCc1cnccc1CBr.CCc1cnccc1CO.CCc1cnccc1CSc1nc(C)cc(=O)[nH]1.COC(=O)c1ccncc1Br.Cc1cc(=O)[nH]c(=S)[nH]1.Cl. The van der Waals surface area contributed by atoms with E-state index in [0.29, 0.717) is 25.5 Å². The van der Waals surface area contributed by atoms with Crippen LogP contribution in [0.15, 0.2) is 124 Å². The first-order chi connectivity index (χ1) is 35.4. The van der Waals surface area contributed by atoms with Gasteiger partial charge in [0.25, 0.3) is 11.1 Å². The predicted molar refractivity (Wildman–Crippen MR) is 325 cm³/mol. The van der Waals surface area contributed by atoms with E-state index in [9.17, 15) is 19.2 Å². The van der Waals surface area contributed by atoms with E-state index >= 15 is 0 Å². The van der Waals surface area contributed by atoms with Crippen LogP contribution in [0.1, 0.15) is 98.7 Å². The molecule has 0 bridgehead atoms. The van der Waals surface area contributed by atoms with Gasteiger partial charge in [-0.25, -0.2) is 14.6 Å². The highest BCUT2D eigenvalue weighted by Gasteiger charge is 2.10. The van der Waals surface area contributed by atoms with Crippen LogP contribution in [0.4, 0.5) is 0 Å². The fourth-order valence-corrected chi connectivity index (χ4v) is 7.95. The second kappa shape index (κ2) is 42.2. The third-order valence-corrected chi connectivity index (χ3v) is 11.8. The number of ether oxygens (including phenoxy) is 2. The van der Waals surface area contributed by atoms with Crippen molar-refractivity contribution >= 4 is 131 Å². The first kappa shape index (κ1) is 71.1. The van der Waals surface area contributed by atoms with Crippen molar-refractivity contribution in [3.63, 3.8) is 0 Å². The molecule has 75 heavy (non-hydrogen) atoms. The maximum atomic E-state index is 11.3. The lowest BCUT2D eigenvalue weighted by molar-refractivity contribution is 0.0590. The van der Waals surface area contributed by atoms with E-state index in [-0.39, 0.29) is 46.1 Å². The number of rotatable bonds is 11. The number of aromatic amines is 3. The number of nitrogens with one attached hydrogen (secondary N) is 3. The maximum Gasteiger partial charge on any atom is 0.339 e. The zero-order valence-electron chi connectivity index (χ0n) is 42.4. The molecule has 0 atom stereocenters. The molecule has 0 aromatic carbocycles. The van der Waals surface area contributed by atoms with E-state index in [0.717, 1.165) is 64.8 Å².